The van der Waals surface area contributed by atoms with Crippen LogP contribution in [0.15, 0.2) is 29.4 Å². The zero-order chi connectivity index (χ0) is 13.4. The van der Waals surface area contributed by atoms with Crippen molar-refractivity contribution in [2.75, 3.05) is 32.2 Å². The van der Waals surface area contributed by atoms with E-state index >= 15 is 0 Å². The van der Waals surface area contributed by atoms with Crippen molar-refractivity contribution < 1.29 is 14.6 Å². The highest BCUT2D eigenvalue weighted by Gasteiger charge is 1.97. The molecule has 18 heavy (non-hydrogen) atoms. The topological polar surface area (TPSA) is 74.2 Å². The van der Waals surface area contributed by atoms with Crippen molar-refractivity contribution >= 4 is 18.0 Å². The standard InChI is InChI=1S/C12H17N3O3/c1-15(2)11-5-3-10(4-6-11)9-13-14-12(17)18-8-7-16/h3-6,9,16H,7-8H2,1-2H3,(H,14,17)/b13-9+. The SMILES string of the molecule is CN(C)c1ccc(/C=N/NC(=O)OCCO)cc1. The minimum Gasteiger partial charge on any atom is -0.446 e. The number of rotatable bonds is 5. The molecule has 2 N–H and O–H groups in total. The van der Waals surface area contributed by atoms with Gasteiger partial charge in [-0.05, 0) is 17.7 Å². The molecule has 0 spiro atoms. The van der Waals surface area contributed by atoms with Crippen molar-refractivity contribution in [3.05, 3.63) is 29.8 Å². The molecule has 0 radical (unpaired) electrons. The molecule has 0 aliphatic rings. The molecule has 0 aliphatic carbocycles. The molecule has 0 aliphatic heterocycles. The molecule has 0 unspecified atom stereocenters. The Hall–Kier alpha value is -2.08. The Morgan fingerprint density at radius 1 is 1.44 bits per heavy atom. The van der Waals surface area contributed by atoms with E-state index in [9.17, 15) is 4.79 Å². The summed E-state index contributed by atoms with van der Waals surface area (Å²) >= 11 is 0. The van der Waals surface area contributed by atoms with Gasteiger partial charge >= 0.3 is 6.09 Å². The van der Waals surface area contributed by atoms with Crippen LogP contribution in [0.3, 0.4) is 0 Å². The maximum absolute atomic E-state index is 11.0. The normalized spacial score (nSPS) is 10.4. The quantitative estimate of drug-likeness (QED) is 0.600. The van der Waals surface area contributed by atoms with Crippen LogP contribution < -0.4 is 10.3 Å². The van der Waals surface area contributed by atoms with Gasteiger partial charge in [0.05, 0.1) is 12.8 Å². The van der Waals surface area contributed by atoms with E-state index in [1.807, 2.05) is 43.3 Å². The number of aliphatic hydroxyl groups is 1. The van der Waals surface area contributed by atoms with Crippen molar-refractivity contribution in [3.63, 3.8) is 0 Å². The Morgan fingerprint density at radius 3 is 2.67 bits per heavy atom. The first-order chi connectivity index (χ1) is 8.63. The molecule has 6 nitrogen and oxygen atoms in total. The molecule has 1 aromatic carbocycles. The summed E-state index contributed by atoms with van der Waals surface area (Å²) < 4.78 is 4.56. The molecule has 0 saturated carbocycles. The van der Waals surface area contributed by atoms with Gasteiger partial charge < -0.3 is 14.7 Å². The molecule has 1 aromatic rings. The summed E-state index contributed by atoms with van der Waals surface area (Å²) in [5.41, 5.74) is 4.14. The van der Waals surface area contributed by atoms with Crippen molar-refractivity contribution in [2.45, 2.75) is 0 Å². The van der Waals surface area contributed by atoms with Crippen LogP contribution in [-0.4, -0.2) is 44.7 Å². The fraction of sp³-hybridized carbons (Fsp3) is 0.333. The van der Waals surface area contributed by atoms with Crippen LogP contribution in [0.1, 0.15) is 5.56 Å². The average molecular weight is 251 g/mol. The molecule has 0 aromatic heterocycles. The van der Waals surface area contributed by atoms with Crippen LogP contribution >= 0.6 is 0 Å². The molecule has 1 rings (SSSR count). The molecule has 6 heteroatoms. The van der Waals surface area contributed by atoms with Crippen molar-refractivity contribution in [3.8, 4) is 0 Å². The highest BCUT2D eigenvalue weighted by Crippen LogP contribution is 2.10. The van der Waals surface area contributed by atoms with E-state index in [0.29, 0.717) is 0 Å². The van der Waals surface area contributed by atoms with Gasteiger partial charge in [-0.3, -0.25) is 0 Å². The lowest BCUT2D eigenvalue weighted by atomic mass is 10.2. The maximum atomic E-state index is 11.0. The average Bonchev–Trinajstić information content (AvgIpc) is 2.37. The van der Waals surface area contributed by atoms with Crippen LogP contribution in [0.5, 0.6) is 0 Å². The monoisotopic (exact) mass is 251 g/mol. The zero-order valence-electron chi connectivity index (χ0n) is 10.5. The molecule has 98 valence electrons. The largest absolute Gasteiger partial charge is 0.446 e. The molecule has 0 bridgehead atoms. The highest BCUT2D eigenvalue weighted by atomic mass is 16.6. The van der Waals surface area contributed by atoms with Gasteiger partial charge in [0, 0.05) is 19.8 Å². The number of hydrazone groups is 1. The zero-order valence-corrected chi connectivity index (χ0v) is 10.5. The Bertz CT molecular complexity index is 402. The second kappa shape index (κ2) is 7.29. The van der Waals surface area contributed by atoms with Gasteiger partial charge in [0.1, 0.15) is 6.61 Å². The molecule has 0 saturated heterocycles. The molecule has 0 heterocycles. The summed E-state index contributed by atoms with van der Waals surface area (Å²) in [6.07, 6.45) is 0.824. The van der Waals surface area contributed by atoms with Gasteiger partial charge in [-0.25, -0.2) is 10.2 Å². The smallest absolute Gasteiger partial charge is 0.427 e. The number of ether oxygens (including phenoxy) is 1. The van der Waals surface area contributed by atoms with Crippen LogP contribution in [0, 0.1) is 0 Å². The van der Waals surface area contributed by atoms with Crippen molar-refractivity contribution in [1.82, 2.24) is 5.43 Å². The van der Waals surface area contributed by atoms with E-state index < -0.39 is 6.09 Å². The van der Waals surface area contributed by atoms with Crippen molar-refractivity contribution in [1.29, 1.82) is 0 Å². The molecule has 1 amide bonds. The Balaban J connectivity index is 2.44. The van der Waals surface area contributed by atoms with E-state index in [4.69, 9.17) is 5.11 Å². The number of carbonyl (C=O) groups is 1. The summed E-state index contributed by atoms with van der Waals surface area (Å²) in [7, 11) is 3.92. The van der Waals surface area contributed by atoms with Gasteiger partial charge in [0.25, 0.3) is 0 Å². The number of benzene rings is 1. The van der Waals surface area contributed by atoms with E-state index in [2.05, 4.69) is 15.3 Å². The highest BCUT2D eigenvalue weighted by molar-refractivity contribution is 5.81. The van der Waals surface area contributed by atoms with Crippen LogP contribution in [0.2, 0.25) is 0 Å². The maximum Gasteiger partial charge on any atom is 0.427 e. The van der Waals surface area contributed by atoms with E-state index in [-0.39, 0.29) is 13.2 Å². The first-order valence-electron chi connectivity index (χ1n) is 5.47. The fourth-order valence-corrected chi connectivity index (χ4v) is 1.19. The molecule has 0 fully saturated rings. The number of anilines is 1. The second-order valence-electron chi connectivity index (χ2n) is 3.72. The summed E-state index contributed by atoms with van der Waals surface area (Å²) in [5, 5.41) is 12.2. The fourth-order valence-electron chi connectivity index (χ4n) is 1.19. The van der Waals surface area contributed by atoms with Gasteiger partial charge in [-0.1, -0.05) is 12.1 Å². The number of nitrogens with zero attached hydrogens (tertiary/aromatic N) is 2. The van der Waals surface area contributed by atoms with Gasteiger partial charge in [0.2, 0.25) is 0 Å². The minimum atomic E-state index is -0.690. The van der Waals surface area contributed by atoms with Gasteiger partial charge in [0.15, 0.2) is 0 Å². The number of aliphatic hydroxyl groups excluding tert-OH is 1. The van der Waals surface area contributed by atoms with Gasteiger partial charge in [-0.15, -0.1) is 0 Å². The number of hydrogen-bond acceptors (Lipinski definition) is 5. The minimum absolute atomic E-state index is 0.0428. The summed E-state index contributed by atoms with van der Waals surface area (Å²) in [5.74, 6) is 0. The lowest BCUT2D eigenvalue weighted by Crippen LogP contribution is -2.20. The second-order valence-corrected chi connectivity index (χ2v) is 3.72. The Labute approximate surface area is 106 Å². The number of amides is 1. The lowest BCUT2D eigenvalue weighted by Gasteiger charge is -2.11. The van der Waals surface area contributed by atoms with E-state index in [0.717, 1.165) is 11.3 Å². The molecule has 0 atom stereocenters. The number of hydrogen-bond donors (Lipinski definition) is 2. The third kappa shape index (κ3) is 4.84. The number of carbonyl (C=O) groups excluding carboxylic acids is 1. The van der Waals surface area contributed by atoms with E-state index in [1.165, 1.54) is 6.21 Å². The van der Waals surface area contributed by atoms with E-state index in [1.54, 1.807) is 0 Å². The van der Waals surface area contributed by atoms with Crippen LogP contribution in [0.4, 0.5) is 10.5 Å². The van der Waals surface area contributed by atoms with Crippen molar-refractivity contribution in [2.24, 2.45) is 5.10 Å². The third-order valence-electron chi connectivity index (χ3n) is 2.10. The first kappa shape index (κ1) is 14.0. The molecular formula is C12H17N3O3. The Morgan fingerprint density at radius 2 is 2.11 bits per heavy atom. The third-order valence-corrected chi connectivity index (χ3v) is 2.10. The van der Waals surface area contributed by atoms with Gasteiger partial charge in [-0.2, -0.15) is 5.10 Å². The molecular weight excluding hydrogens is 234 g/mol. The predicted molar refractivity (Wildman–Crippen MR) is 69.9 cm³/mol. The Kier molecular flexibility index (Phi) is 5.66. The first-order valence-corrected chi connectivity index (χ1v) is 5.47. The number of nitrogens with one attached hydrogen (secondary N) is 1. The predicted octanol–water partition coefficient (Wildman–Crippen LogP) is 0.805. The summed E-state index contributed by atoms with van der Waals surface area (Å²) in [6.45, 7) is -0.248. The lowest BCUT2D eigenvalue weighted by molar-refractivity contribution is 0.119. The van der Waals surface area contributed by atoms with Crippen LogP contribution in [-0.2, 0) is 4.74 Å². The van der Waals surface area contributed by atoms with Crippen LogP contribution in [0.25, 0.3) is 0 Å². The summed E-state index contributed by atoms with van der Waals surface area (Å²) in [4.78, 5) is 13.0. The summed E-state index contributed by atoms with van der Waals surface area (Å²) in [6, 6.07) is 7.68.